The van der Waals surface area contributed by atoms with Crippen LogP contribution in [0.15, 0.2) is 72.9 Å². The first-order chi connectivity index (χ1) is 16.0. The van der Waals surface area contributed by atoms with Crippen molar-refractivity contribution in [1.29, 1.82) is 0 Å². The van der Waals surface area contributed by atoms with Crippen LogP contribution in [0.4, 0.5) is 0 Å². The lowest BCUT2D eigenvalue weighted by Gasteiger charge is -2.12. The smallest absolute Gasteiger partial charge is 0.326 e. The lowest BCUT2D eigenvalue weighted by molar-refractivity contribution is -0.143. The minimum absolute atomic E-state index is 0.129. The third-order valence-corrected chi connectivity index (χ3v) is 4.41. The van der Waals surface area contributed by atoms with E-state index in [9.17, 15) is 14.4 Å². The van der Waals surface area contributed by atoms with Gasteiger partial charge in [0.25, 0.3) is 0 Å². The van der Waals surface area contributed by atoms with Crippen molar-refractivity contribution in [3.63, 3.8) is 0 Å². The van der Waals surface area contributed by atoms with Crippen molar-refractivity contribution in [2.45, 2.75) is 77.2 Å². The summed E-state index contributed by atoms with van der Waals surface area (Å²) >= 11 is 0. The quantitative estimate of drug-likeness (QED) is 0.210. The van der Waals surface area contributed by atoms with Crippen LogP contribution in [0.3, 0.4) is 0 Å². The van der Waals surface area contributed by atoms with E-state index >= 15 is 0 Å². The molecule has 0 radical (unpaired) electrons. The van der Waals surface area contributed by atoms with E-state index in [0.717, 1.165) is 38.5 Å². The van der Waals surface area contributed by atoms with Gasteiger partial charge in [0.2, 0.25) is 5.91 Å². The van der Waals surface area contributed by atoms with E-state index in [-0.39, 0.29) is 19.3 Å². The van der Waals surface area contributed by atoms with E-state index in [1.165, 1.54) is 0 Å². The van der Waals surface area contributed by atoms with Crippen LogP contribution in [0, 0.1) is 0 Å². The van der Waals surface area contributed by atoms with Gasteiger partial charge in [-0.15, -0.1) is 0 Å². The zero-order valence-corrected chi connectivity index (χ0v) is 19.7. The molecule has 0 aromatic rings. The number of carbonyl (C=O) groups excluding carboxylic acids is 1. The number of carbonyl (C=O) groups is 3. The Labute approximate surface area is 198 Å². The molecule has 0 aliphatic rings. The predicted octanol–water partition coefficient (Wildman–Crippen LogP) is 5.90. The number of carboxylic acids is 2. The number of aliphatic carboxylic acids is 2. The molecule has 0 aromatic carbocycles. The van der Waals surface area contributed by atoms with Crippen molar-refractivity contribution in [2.24, 2.45) is 0 Å². The SMILES string of the molecule is CC/C=C\C/C=C\C/C=C\C/C=C\C/C=C\C/C=C\CCC(=O)N[C@@H](CCC(=O)O)C(=O)O. The van der Waals surface area contributed by atoms with Crippen LogP contribution in [0.2, 0.25) is 0 Å². The van der Waals surface area contributed by atoms with Gasteiger partial charge >= 0.3 is 11.9 Å². The molecule has 0 aliphatic heterocycles. The highest BCUT2D eigenvalue weighted by Gasteiger charge is 2.20. The lowest BCUT2D eigenvalue weighted by Crippen LogP contribution is -2.40. The van der Waals surface area contributed by atoms with Crippen LogP contribution in [0.1, 0.15) is 71.1 Å². The molecule has 0 spiro atoms. The Bertz CT molecular complexity index is 729. The average Bonchev–Trinajstić information content (AvgIpc) is 2.77. The van der Waals surface area contributed by atoms with E-state index in [1.807, 2.05) is 12.2 Å². The van der Waals surface area contributed by atoms with Gasteiger partial charge in [-0.05, 0) is 51.4 Å². The molecule has 6 heteroatoms. The molecule has 0 aliphatic carbocycles. The molecular formula is C27H39NO5. The fourth-order valence-corrected chi connectivity index (χ4v) is 2.65. The molecule has 1 atom stereocenters. The molecule has 0 unspecified atom stereocenters. The van der Waals surface area contributed by atoms with Crippen molar-refractivity contribution in [2.75, 3.05) is 0 Å². The zero-order chi connectivity index (χ0) is 24.6. The van der Waals surface area contributed by atoms with Gasteiger partial charge < -0.3 is 15.5 Å². The maximum absolute atomic E-state index is 11.8. The summed E-state index contributed by atoms with van der Waals surface area (Å²) in [5, 5.41) is 20.0. The van der Waals surface area contributed by atoms with Gasteiger partial charge in [-0.25, -0.2) is 4.79 Å². The van der Waals surface area contributed by atoms with Crippen molar-refractivity contribution in [3.8, 4) is 0 Å². The van der Waals surface area contributed by atoms with Crippen molar-refractivity contribution >= 4 is 17.8 Å². The van der Waals surface area contributed by atoms with Gasteiger partial charge in [0, 0.05) is 12.8 Å². The molecule has 3 N–H and O–H groups in total. The van der Waals surface area contributed by atoms with Gasteiger partial charge in [0.05, 0.1) is 0 Å². The predicted molar refractivity (Wildman–Crippen MR) is 134 cm³/mol. The number of nitrogens with one attached hydrogen (secondary N) is 1. The number of hydrogen-bond acceptors (Lipinski definition) is 3. The maximum atomic E-state index is 11.8. The van der Waals surface area contributed by atoms with E-state index in [2.05, 4.69) is 73.0 Å². The minimum atomic E-state index is -1.22. The fourth-order valence-electron chi connectivity index (χ4n) is 2.65. The molecule has 1 amide bonds. The number of carboxylic acid groups (broad SMARTS) is 2. The van der Waals surface area contributed by atoms with Crippen LogP contribution in [0.5, 0.6) is 0 Å². The van der Waals surface area contributed by atoms with Crippen LogP contribution in [0.25, 0.3) is 0 Å². The first kappa shape index (κ1) is 29.9. The molecule has 0 aromatic heterocycles. The Morgan fingerprint density at radius 1 is 0.667 bits per heavy atom. The number of rotatable bonds is 19. The summed E-state index contributed by atoms with van der Waals surface area (Å²) in [5.74, 6) is -2.71. The monoisotopic (exact) mass is 457 g/mol. The number of hydrogen-bond donors (Lipinski definition) is 3. The highest BCUT2D eigenvalue weighted by atomic mass is 16.4. The molecule has 33 heavy (non-hydrogen) atoms. The summed E-state index contributed by atoms with van der Waals surface area (Å²) < 4.78 is 0. The number of amides is 1. The second kappa shape index (κ2) is 22.1. The summed E-state index contributed by atoms with van der Waals surface area (Å²) in [4.78, 5) is 33.4. The Hall–Kier alpha value is -3.15. The third-order valence-electron chi connectivity index (χ3n) is 4.41. The molecule has 0 saturated heterocycles. The summed E-state index contributed by atoms with van der Waals surface area (Å²) in [6.45, 7) is 2.13. The Morgan fingerprint density at radius 3 is 1.48 bits per heavy atom. The van der Waals surface area contributed by atoms with Crippen molar-refractivity contribution in [3.05, 3.63) is 72.9 Å². The number of allylic oxidation sites excluding steroid dienone is 12. The third kappa shape index (κ3) is 21.9. The molecule has 0 rings (SSSR count). The minimum Gasteiger partial charge on any atom is -0.481 e. The molecule has 6 nitrogen and oxygen atoms in total. The normalized spacial score (nSPS) is 13.4. The highest BCUT2D eigenvalue weighted by molar-refractivity contribution is 5.84. The van der Waals surface area contributed by atoms with Crippen molar-refractivity contribution in [1.82, 2.24) is 5.32 Å². The summed E-state index contributed by atoms with van der Waals surface area (Å²) in [6.07, 6.45) is 31.2. The van der Waals surface area contributed by atoms with Crippen molar-refractivity contribution < 1.29 is 24.6 Å². The van der Waals surface area contributed by atoms with Crippen LogP contribution >= 0.6 is 0 Å². The van der Waals surface area contributed by atoms with Crippen LogP contribution in [-0.2, 0) is 14.4 Å². The Morgan fingerprint density at radius 2 is 1.09 bits per heavy atom. The summed E-state index contributed by atoms with van der Waals surface area (Å²) in [7, 11) is 0. The van der Waals surface area contributed by atoms with Crippen LogP contribution in [-0.4, -0.2) is 34.1 Å². The molecule has 0 saturated carbocycles. The molecule has 0 bridgehead atoms. The molecule has 0 heterocycles. The van der Waals surface area contributed by atoms with Gasteiger partial charge in [-0.2, -0.15) is 0 Å². The maximum Gasteiger partial charge on any atom is 0.326 e. The molecule has 0 fully saturated rings. The van der Waals surface area contributed by atoms with E-state index in [0.29, 0.717) is 6.42 Å². The second-order valence-electron chi connectivity index (χ2n) is 7.34. The highest BCUT2D eigenvalue weighted by Crippen LogP contribution is 2.01. The topological polar surface area (TPSA) is 104 Å². The Balaban J connectivity index is 3.82. The van der Waals surface area contributed by atoms with Crippen LogP contribution < -0.4 is 5.32 Å². The zero-order valence-electron chi connectivity index (χ0n) is 19.7. The second-order valence-corrected chi connectivity index (χ2v) is 7.34. The van der Waals surface area contributed by atoms with Gasteiger partial charge in [0.15, 0.2) is 0 Å². The fraction of sp³-hybridized carbons (Fsp3) is 0.444. The van der Waals surface area contributed by atoms with E-state index in [4.69, 9.17) is 10.2 Å². The first-order valence-electron chi connectivity index (χ1n) is 11.6. The molecular weight excluding hydrogens is 418 g/mol. The largest absolute Gasteiger partial charge is 0.481 e. The average molecular weight is 458 g/mol. The Kier molecular flexibility index (Phi) is 20.0. The van der Waals surface area contributed by atoms with Gasteiger partial charge in [-0.1, -0.05) is 79.8 Å². The van der Waals surface area contributed by atoms with Gasteiger partial charge in [-0.3, -0.25) is 9.59 Å². The first-order valence-corrected chi connectivity index (χ1v) is 11.6. The summed E-state index contributed by atoms with van der Waals surface area (Å²) in [5.41, 5.74) is 0. The standard InChI is InChI=1S/C27H39NO5/c1-2-3-4-5-6-7-8-9-10-11-12-13-14-15-16-17-18-19-20-21-25(29)28-24(27(32)33)22-23-26(30)31/h3-4,6-7,9-10,12-13,15-16,18-19,24H,2,5,8,11,14,17,20-23H2,1H3,(H,28,29)(H,30,31)(H,32,33)/b4-3-,7-6-,10-9-,13-12-,16-15-,19-18-/t24-/m0/s1. The molecule has 182 valence electrons. The lowest BCUT2D eigenvalue weighted by atomic mass is 10.1. The summed E-state index contributed by atoms with van der Waals surface area (Å²) in [6, 6.07) is -1.17. The van der Waals surface area contributed by atoms with Gasteiger partial charge in [0.1, 0.15) is 6.04 Å². The van der Waals surface area contributed by atoms with E-state index in [1.54, 1.807) is 0 Å². The van der Waals surface area contributed by atoms with E-state index < -0.39 is 23.9 Å².